The molecule has 0 saturated carbocycles. The summed E-state index contributed by atoms with van der Waals surface area (Å²) in [5.74, 6) is 1.18. The predicted molar refractivity (Wildman–Crippen MR) is 73.0 cm³/mol. The molecule has 0 fully saturated rings. The Morgan fingerprint density at radius 2 is 2.19 bits per heavy atom. The van der Waals surface area contributed by atoms with Gasteiger partial charge in [-0.3, -0.25) is 0 Å². The van der Waals surface area contributed by atoms with Crippen molar-refractivity contribution in [2.45, 2.75) is 44.2 Å². The monoisotopic (exact) mass is 235 g/mol. The maximum absolute atomic E-state index is 3.65. The first-order chi connectivity index (χ1) is 7.76. The number of hydrogen-bond donors (Lipinski definition) is 1. The van der Waals surface area contributed by atoms with Crippen LogP contribution in [0.4, 0.5) is 0 Å². The second-order valence-corrected chi connectivity index (χ2v) is 5.72. The summed E-state index contributed by atoms with van der Waals surface area (Å²) in [6.07, 6.45) is 1.25. The van der Waals surface area contributed by atoms with Gasteiger partial charge >= 0.3 is 0 Å². The minimum atomic E-state index is 0.545. The van der Waals surface area contributed by atoms with Crippen molar-refractivity contribution < 1.29 is 0 Å². The molecule has 0 bridgehead atoms. The lowest BCUT2D eigenvalue weighted by molar-refractivity contribution is 0.513. The predicted octanol–water partition coefficient (Wildman–Crippen LogP) is 3.67. The summed E-state index contributed by atoms with van der Waals surface area (Å²) >= 11 is 2.10. The zero-order valence-electron chi connectivity index (χ0n) is 10.4. The second-order valence-electron chi connectivity index (χ2n) is 4.50. The third-order valence-corrected chi connectivity index (χ3v) is 4.80. The van der Waals surface area contributed by atoms with E-state index >= 15 is 0 Å². The Balaban J connectivity index is 2.35. The topological polar surface area (TPSA) is 12.0 Å². The van der Waals surface area contributed by atoms with Crippen molar-refractivity contribution in [3.05, 3.63) is 34.9 Å². The molecule has 1 heterocycles. The molecule has 1 aromatic carbocycles. The average molecular weight is 235 g/mol. The quantitative estimate of drug-likeness (QED) is 0.858. The molecule has 0 spiro atoms. The molecule has 1 aromatic rings. The molecule has 16 heavy (non-hydrogen) atoms. The lowest BCUT2D eigenvalue weighted by Crippen LogP contribution is -2.33. The third kappa shape index (κ3) is 2.28. The zero-order valence-corrected chi connectivity index (χ0v) is 11.2. The highest BCUT2D eigenvalue weighted by atomic mass is 32.2. The maximum Gasteiger partial charge on any atom is 0.0443 e. The second kappa shape index (κ2) is 5.24. The maximum atomic E-state index is 3.65. The van der Waals surface area contributed by atoms with Crippen LogP contribution in [-0.4, -0.2) is 11.8 Å². The molecule has 2 atom stereocenters. The Hall–Kier alpha value is -0.470. The number of nitrogens with one attached hydrogen (secondary N) is 1. The van der Waals surface area contributed by atoms with E-state index in [1.165, 1.54) is 28.9 Å². The minimum absolute atomic E-state index is 0.545. The van der Waals surface area contributed by atoms with E-state index in [0.717, 1.165) is 11.8 Å². The van der Waals surface area contributed by atoms with E-state index in [0.29, 0.717) is 6.04 Å². The van der Waals surface area contributed by atoms with Gasteiger partial charge < -0.3 is 5.32 Å². The molecule has 2 unspecified atom stereocenters. The highest BCUT2D eigenvalue weighted by molar-refractivity contribution is 7.99. The fourth-order valence-electron chi connectivity index (χ4n) is 2.44. The Morgan fingerprint density at radius 3 is 2.88 bits per heavy atom. The number of fused-ring (bicyclic) bond motifs is 1. The van der Waals surface area contributed by atoms with Gasteiger partial charge in [0.05, 0.1) is 0 Å². The zero-order chi connectivity index (χ0) is 11.5. The van der Waals surface area contributed by atoms with E-state index < -0.39 is 0 Å². The Labute approximate surface area is 103 Å². The van der Waals surface area contributed by atoms with E-state index in [9.17, 15) is 0 Å². The summed E-state index contributed by atoms with van der Waals surface area (Å²) in [5, 5.41) is 4.38. The first-order valence-corrected chi connectivity index (χ1v) is 7.25. The number of hydrogen-bond acceptors (Lipinski definition) is 2. The van der Waals surface area contributed by atoms with Crippen LogP contribution < -0.4 is 5.32 Å². The van der Waals surface area contributed by atoms with Gasteiger partial charge in [-0.15, -0.1) is 0 Å². The third-order valence-electron chi connectivity index (χ3n) is 3.29. The smallest absolute Gasteiger partial charge is 0.0443 e. The number of benzene rings is 1. The molecule has 1 nitrogen and oxygen atoms in total. The van der Waals surface area contributed by atoms with Crippen molar-refractivity contribution in [3.63, 3.8) is 0 Å². The van der Waals surface area contributed by atoms with E-state index in [2.05, 4.69) is 56.0 Å². The summed E-state index contributed by atoms with van der Waals surface area (Å²) in [6, 6.07) is 7.44. The number of aryl methyl sites for hydroxylation is 1. The SMILES string of the molecule is CCNC1c2cc(C)ccc2CSC1CC. The largest absolute Gasteiger partial charge is 0.309 e. The van der Waals surface area contributed by atoms with E-state index in [-0.39, 0.29) is 0 Å². The highest BCUT2D eigenvalue weighted by Crippen LogP contribution is 2.39. The van der Waals surface area contributed by atoms with Gasteiger partial charge in [-0.2, -0.15) is 11.8 Å². The molecule has 1 aliphatic heterocycles. The van der Waals surface area contributed by atoms with Crippen molar-refractivity contribution in [1.29, 1.82) is 0 Å². The lowest BCUT2D eigenvalue weighted by Gasteiger charge is -2.33. The van der Waals surface area contributed by atoms with Crippen LogP contribution in [0.5, 0.6) is 0 Å². The van der Waals surface area contributed by atoms with Crippen LogP contribution in [0.3, 0.4) is 0 Å². The molecule has 0 aromatic heterocycles. The van der Waals surface area contributed by atoms with Crippen LogP contribution in [0, 0.1) is 6.92 Å². The first kappa shape index (κ1) is 12.0. The Morgan fingerprint density at radius 1 is 1.38 bits per heavy atom. The van der Waals surface area contributed by atoms with Gasteiger partial charge in [-0.25, -0.2) is 0 Å². The molecule has 0 radical (unpaired) electrons. The summed E-state index contributed by atoms with van der Waals surface area (Å²) in [5.41, 5.74) is 4.43. The fourth-order valence-corrected chi connectivity index (χ4v) is 3.77. The Bertz CT molecular complexity index is 362. The van der Waals surface area contributed by atoms with Crippen LogP contribution in [0.1, 0.15) is 43.0 Å². The fraction of sp³-hybridized carbons (Fsp3) is 0.571. The lowest BCUT2D eigenvalue weighted by atomic mass is 9.95. The number of rotatable bonds is 3. The van der Waals surface area contributed by atoms with Crippen LogP contribution >= 0.6 is 11.8 Å². The molecule has 2 rings (SSSR count). The van der Waals surface area contributed by atoms with Crippen molar-refractivity contribution in [2.75, 3.05) is 6.54 Å². The summed E-state index contributed by atoms with van der Waals surface area (Å²) < 4.78 is 0. The number of thioether (sulfide) groups is 1. The van der Waals surface area contributed by atoms with Crippen LogP contribution in [0.2, 0.25) is 0 Å². The normalized spacial score (nSPS) is 24.2. The van der Waals surface area contributed by atoms with Crippen LogP contribution in [-0.2, 0) is 5.75 Å². The molecular formula is C14H21NS. The van der Waals surface area contributed by atoms with E-state index in [1.807, 2.05) is 0 Å². The van der Waals surface area contributed by atoms with Gasteiger partial charge in [-0.1, -0.05) is 37.6 Å². The average Bonchev–Trinajstić information content (AvgIpc) is 2.30. The van der Waals surface area contributed by atoms with Gasteiger partial charge in [0.2, 0.25) is 0 Å². The van der Waals surface area contributed by atoms with E-state index in [1.54, 1.807) is 0 Å². The van der Waals surface area contributed by atoms with Crippen molar-refractivity contribution in [3.8, 4) is 0 Å². The summed E-state index contributed by atoms with van der Waals surface area (Å²) in [4.78, 5) is 0. The van der Waals surface area contributed by atoms with Gasteiger partial charge in [0, 0.05) is 17.0 Å². The van der Waals surface area contributed by atoms with Crippen molar-refractivity contribution in [2.24, 2.45) is 0 Å². The van der Waals surface area contributed by atoms with Gasteiger partial charge in [0.1, 0.15) is 0 Å². The van der Waals surface area contributed by atoms with Gasteiger partial charge in [0.15, 0.2) is 0 Å². The van der Waals surface area contributed by atoms with Crippen LogP contribution in [0.25, 0.3) is 0 Å². The molecular weight excluding hydrogens is 214 g/mol. The molecule has 0 saturated heterocycles. The minimum Gasteiger partial charge on any atom is -0.309 e. The first-order valence-electron chi connectivity index (χ1n) is 6.20. The molecule has 1 aliphatic rings. The summed E-state index contributed by atoms with van der Waals surface area (Å²) in [6.45, 7) is 7.73. The molecule has 1 N–H and O–H groups in total. The molecule has 88 valence electrons. The van der Waals surface area contributed by atoms with Crippen molar-refractivity contribution >= 4 is 11.8 Å². The van der Waals surface area contributed by atoms with Crippen molar-refractivity contribution in [1.82, 2.24) is 5.32 Å². The van der Waals surface area contributed by atoms with Crippen LogP contribution in [0.15, 0.2) is 18.2 Å². The Kier molecular flexibility index (Phi) is 3.93. The molecule has 0 amide bonds. The highest BCUT2D eigenvalue weighted by Gasteiger charge is 2.27. The molecule has 2 heteroatoms. The standard InChI is InChI=1S/C14H21NS/c1-4-13-14(15-5-2)12-8-10(3)6-7-11(12)9-16-13/h6-8,13-15H,4-5,9H2,1-3H3. The van der Waals surface area contributed by atoms with Gasteiger partial charge in [-0.05, 0) is 31.0 Å². The molecule has 0 aliphatic carbocycles. The van der Waals surface area contributed by atoms with Gasteiger partial charge in [0.25, 0.3) is 0 Å². The van der Waals surface area contributed by atoms with E-state index in [4.69, 9.17) is 0 Å². The summed E-state index contributed by atoms with van der Waals surface area (Å²) in [7, 11) is 0.